The SMILES string of the molecule is CCN1CCN(c2nc(-c3ccc(OC)cc3)ncc2C(=O)NCc2ccccc2)CC1. The number of piperazine rings is 1. The quantitative estimate of drug-likeness (QED) is 0.619. The first kappa shape index (κ1) is 21.8. The molecule has 32 heavy (non-hydrogen) atoms. The lowest BCUT2D eigenvalue weighted by atomic mass is 10.1. The zero-order valence-corrected chi connectivity index (χ0v) is 18.6. The first-order valence-corrected chi connectivity index (χ1v) is 11.0. The van der Waals surface area contributed by atoms with E-state index in [2.05, 4.69) is 27.0 Å². The summed E-state index contributed by atoms with van der Waals surface area (Å²) in [5.41, 5.74) is 2.44. The van der Waals surface area contributed by atoms with E-state index in [4.69, 9.17) is 9.72 Å². The van der Waals surface area contributed by atoms with Crippen LogP contribution >= 0.6 is 0 Å². The van der Waals surface area contributed by atoms with Crippen LogP contribution in [0.2, 0.25) is 0 Å². The topological polar surface area (TPSA) is 70.6 Å². The van der Waals surface area contributed by atoms with E-state index in [1.165, 1.54) is 0 Å². The molecule has 0 unspecified atom stereocenters. The lowest BCUT2D eigenvalue weighted by Crippen LogP contribution is -2.47. The van der Waals surface area contributed by atoms with Gasteiger partial charge in [0, 0.05) is 44.5 Å². The van der Waals surface area contributed by atoms with Crippen molar-refractivity contribution in [2.75, 3.05) is 44.7 Å². The Kier molecular flexibility index (Phi) is 6.97. The Morgan fingerprint density at radius 2 is 1.75 bits per heavy atom. The van der Waals surface area contributed by atoms with Crippen LogP contribution in [0.4, 0.5) is 5.82 Å². The van der Waals surface area contributed by atoms with Crippen molar-refractivity contribution in [1.29, 1.82) is 0 Å². The third kappa shape index (κ3) is 5.06. The molecule has 0 aliphatic carbocycles. The number of rotatable bonds is 7. The van der Waals surface area contributed by atoms with Crippen LogP contribution in [-0.4, -0.2) is 60.6 Å². The lowest BCUT2D eigenvalue weighted by Gasteiger charge is -2.35. The maximum absolute atomic E-state index is 13.1. The molecule has 0 radical (unpaired) electrons. The number of ether oxygens (including phenoxy) is 1. The maximum Gasteiger partial charge on any atom is 0.256 e. The van der Waals surface area contributed by atoms with E-state index in [-0.39, 0.29) is 5.91 Å². The summed E-state index contributed by atoms with van der Waals surface area (Å²) in [7, 11) is 1.64. The Balaban J connectivity index is 1.61. The number of amides is 1. The van der Waals surface area contributed by atoms with Crippen LogP contribution < -0.4 is 15.0 Å². The first-order valence-electron chi connectivity index (χ1n) is 11.0. The molecule has 1 aliphatic heterocycles. The summed E-state index contributed by atoms with van der Waals surface area (Å²) in [6.07, 6.45) is 1.65. The summed E-state index contributed by atoms with van der Waals surface area (Å²) in [5, 5.41) is 3.02. The number of hydrogen-bond donors (Lipinski definition) is 1. The molecule has 1 fully saturated rings. The molecule has 1 N–H and O–H groups in total. The van der Waals surface area contributed by atoms with Crippen molar-refractivity contribution in [1.82, 2.24) is 20.2 Å². The normalized spacial score (nSPS) is 14.2. The molecule has 0 atom stereocenters. The van der Waals surface area contributed by atoms with E-state index in [1.807, 2.05) is 54.6 Å². The number of benzene rings is 2. The zero-order chi connectivity index (χ0) is 22.3. The Bertz CT molecular complexity index is 1030. The van der Waals surface area contributed by atoms with Gasteiger partial charge in [-0.05, 0) is 36.4 Å². The smallest absolute Gasteiger partial charge is 0.256 e. The number of carbonyl (C=O) groups excluding carboxylic acids is 1. The van der Waals surface area contributed by atoms with Gasteiger partial charge in [0.15, 0.2) is 5.82 Å². The summed E-state index contributed by atoms with van der Waals surface area (Å²) in [5.74, 6) is 1.90. The summed E-state index contributed by atoms with van der Waals surface area (Å²) >= 11 is 0. The van der Waals surface area contributed by atoms with Crippen LogP contribution in [0.1, 0.15) is 22.8 Å². The predicted octanol–water partition coefficient (Wildman–Crippen LogP) is 3.22. The summed E-state index contributed by atoms with van der Waals surface area (Å²) in [4.78, 5) is 27.0. The fourth-order valence-corrected chi connectivity index (χ4v) is 3.80. The summed E-state index contributed by atoms with van der Waals surface area (Å²) in [6.45, 7) is 7.21. The number of anilines is 1. The van der Waals surface area contributed by atoms with Crippen LogP contribution in [0.15, 0.2) is 60.8 Å². The largest absolute Gasteiger partial charge is 0.497 e. The molecule has 7 nitrogen and oxygen atoms in total. The number of nitrogens with one attached hydrogen (secondary N) is 1. The Labute approximate surface area is 189 Å². The van der Waals surface area contributed by atoms with Crippen molar-refractivity contribution >= 4 is 11.7 Å². The lowest BCUT2D eigenvalue weighted by molar-refractivity contribution is 0.0950. The maximum atomic E-state index is 13.1. The molecule has 2 heterocycles. The van der Waals surface area contributed by atoms with Gasteiger partial charge in [0.2, 0.25) is 0 Å². The highest BCUT2D eigenvalue weighted by atomic mass is 16.5. The summed E-state index contributed by atoms with van der Waals surface area (Å²) < 4.78 is 5.25. The Hall–Kier alpha value is -3.45. The second kappa shape index (κ2) is 10.2. The molecule has 0 bridgehead atoms. The van der Waals surface area contributed by atoms with E-state index in [9.17, 15) is 4.79 Å². The van der Waals surface area contributed by atoms with Gasteiger partial charge in [-0.15, -0.1) is 0 Å². The standard InChI is InChI=1S/C25H29N5O2/c1-3-29-13-15-30(16-14-29)24-22(25(31)27-17-19-7-5-4-6-8-19)18-26-23(28-24)20-9-11-21(32-2)12-10-20/h4-12,18H,3,13-17H2,1-2H3,(H,27,31). The van der Waals surface area contributed by atoms with Gasteiger partial charge < -0.3 is 19.9 Å². The van der Waals surface area contributed by atoms with Crippen LogP contribution in [0.25, 0.3) is 11.4 Å². The van der Waals surface area contributed by atoms with Crippen LogP contribution in [0.3, 0.4) is 0 Å². The van der Waals surface area contributed by atoms with Crippen LogP contribution in [0.5, 0.6) is 5.75 Å². The van der Waals surface area contributed by atoms with Gasteiger partial charge in [-0.25, -0.2) is 9.97 Å². The van der Waals surface area contributed by atoms with Crippen molar-refractivity contribution in [3.63, 3.8) is 0 Å². The van der Waals surface area contributed by atoms with E-state index >= 15 is 0 Å². The molecule has 1 saturated heterocycles. The van der Waals surface area contributed by atoms with Crippen molar-refractivity contribution < 1.29 is 9.53 Å². The van der Waals surface area contributed by atoms with E-state index in [0.29, 0.717) is 23.8 Å². The van der Waals surface area contributed by atoms with Crippen molar-refractivity contribution in [2.24, 2.45) is 0 Å². The minimum Gasteiger partial charge on any atom is -0.497 e. The highest BCUT2D eigenvalue weighted by molar-refractivity contribution is 5.99. The van der Waals surface area contributed by atoms with Crippen molar-refractivity contribution in [3.8, 4) is 17.1 Å². The van der Waals surface area contributed by atoms with Crippen LogP contribution in [-0.2, 0) is 6.54 Å². The molecule has 166 valence electrons. The molecule has 0 spiro atoms. The minimum absolute atomic E-state index is 0.164. The molecule has 0 saturated carbocycles. The van der Waals surface area contributed by atoms with Gasteiger partial charge in [0.25, 0.3) is 5.91 Å². The highest BCUT2D eigenvalue weighted by Crippen LogP contribution is 2.25. The Morgan fingerprint density at radius 1 is 1.03 bits per heavy atom. The number of aromatic nitrogens is 2. The zero-order valence-electron chi connectivity index (χ0n) is 18.6. The fraction of sp³-hybridized carbons (Fsp3) is 0.320. The Morgan fingerprint density at radius 3 is 2.41 bits per heavy atom. The second-order valence-corrected chi connectivity index (χ2v) is 7.75. The number of methoxy groups -OCH3 is 1. The average Bonchev–Trinajstić information content (AvgIpc) is 2.87. The summed E-state index contributed by atoms with van der Waals surface area (Å²) in [6, 6.07) is 17.5. The average molecular weight is 432 g/mol. The van der Waals surface area contributed by atoms with Crippen LogP contribution in [0, 0.1) is 0 Å². The third-order valence-electron chi connectivity index (χ3n) is 5.78. The van der Waals surface area contributed by atoms with E-state index in [0.717, 1.165) is 49.6 Å². The molecule has 4 rings (SSSR count). The highest BCUT2D eigenvalue weighted by Gasteiger charge is 2.23. The van der Waals surface area contributed by atoms with Gasteiger partial charge in [0.1, 0.15) is 17.1 Å². The number of hydrogen-bond acceptors (Lipinski definition) is 6. The molecule has 1 amide bonds. The molecular formula is C25H29N5O2. The predicted molar refractivity (Wildman–Crippen MR) is 126 cm³/mol. The minimum atomic E-state index is -0.164. The second-order valence-electron chi connectivity index (χ2n) is 7.75. The third-order valence-corrected chi connectivity index (χ3v) is 5.78. The molecule has 1 aliphatic rings. The number of nitrogens with zero attached hydrogens (tertiary/aromatic N) is 4. The van der Waals surface area contributed by atoms with E-state index < -0.39 is 0 Å². The van der Waals surface area contributed by atoms with Gasteiger partial charge in [-0.1, -0.05) is 37.3 Å². The van der Waals surface area contributed by atoms with E-state index in [1.54, 1.807) is 13.3 Å². The van der Waals surface area contributed by atoms with Crippen molar-refractivity contribution in [3.05, 3.63) is 71.9 Å². The molecule has 1 aromatic heterocycles. The van der Waals surface area contributed by atoms with Gasteiger partial charge >= 0.3 is 0 Å². The first-order chi connectivity index (χ1) is 15.7. The molecular weight excluding hydrogens is 402 g/mol. The van der Waals surface area contributed by atoms with Gasteiger partial charge in [-0.2, -0.15) is 0 Å². The molecule has 7 heteroatoms. The number of carbonyl (C=O) groups is 1. The van der Waals surface area contributed by atoms with Gasteiger partial charge in [0.05, 0.1) is 7.11 Å². The van der Waals surface area contributed by atoms with Gasteiger partial charge in [-0.3, -0.25) is 4.79 Å². The number of likely N-dealkylation sites (N-methyl/N-ethyl adjacent to an activating group) is 1. The monoisotopic (exact) mass is 431 g/mol. The fourth-order valence-electron chi connectivity index (χ4n) is 3.80. The molecule has 3 aromatic rings. The van der Waals surface area contributed by atoms with Crippen molar-refractivity contribution in [2.45, 2.75) is 13.5 Å². The molecule has 2 aromatic carbocycles.